The highest BCUT2D eigenvalue weighted by Crippen LogP contribution is 2.36. The van der Waals surface area contributed by atoms with E-state index in [9.17, 15) is 23.1 Å². The van der Waals surface area contributed by atoms with Crippen LogP contribution >= 0.6 is 0 Å². The number of rotatable bonds is 5. The predicted octanol–water partition coefficient (Wildman–Crippen LogP) is 4.61. The van der Waals surface area contributed by atoms with Crippen LogP contribution in [-0.2, 0) is 11.3 Å². The Kier molecular flexibility index (Phi) is 5.61. The van der Waals surface area contributed by atoms with Gasteiger partial charge in [-0.2, -0.15) is 0 Å². The molecule has 1 unspecified atom stereocenters. The Balaban J connectivity index is 1.65. The number of anilines is 3. The Labute approximate surface area is 179 Å². The van der Waals surface area contributed by atoms with Crippen LogP contribution in [-0.4, -0.2) is 24.8 Å². The van der Waals surface area contributed by atoms with Gasteiger partial charge in [0, 0.05) is 22.8 Å². The Morgan fingerprint density at radius 3 is 2.55 bits per heavy atom. The fraction of sp³-hybridized carbons (Fsp3) is 0. The fourth-order valence-corrected chi connectivity index (χ4v) is 3.69. The Morgan fingerprint density at radius 1 is 1.03 bits per heavy atom. The molecule has 0 fully saturated rings. The number of halogens is 1. The van der Waals surface area contributed by atoms with Crippen molar-refractivity contribution in [1.29, 1.82) is 0 Å². The molecule has 0 radical (unpaired) electrons. The van der Waals surface area contributed by atoms with Gasteiger partial charge in [-0.05, 0) is 66.7 Å². The molecule has 0 bridgehead atoms. The second-order valence-electron chi connectivity index (χ2n) is 6.57. The third kappa shape index (κ3) is 4.37. The first-order valence-corrected chi connectivity index (χ1v) is 10.1. The first kappa shape index (κ1) is 20.5. The average molecular weight is 437 g/mol. The van der Waals surface area contributed by atoms with E-state index in [-0.39, 0.29) is 17.1 Å². The van der Waals surface area contributed by atoms with Crippen molar-refractivity contribution in [3.63, 3.8) is 0 Å². The summed E-state index contributed by atoms with van der Waals surface area (Å²) in [5.74, 6) is -1.20. The number of phenols is 1. The number of nitrogens with zero attached hydrogens (tertiary/aromatic N) is 2. The number of hydrogen-bond acceptors (Lipinski definition) is 4. The summed E-state index contributed by atoms with van der Waals surface area (Å²) in [5, 5.41) is 13.8. The average Bonchev–Trinajstić information content (AvgIpc) is 2.76. The predicted molar refractivity (Wildman–Crippen MR) is 117 cm³/mol. The molecule has 4 rings (SSSR count). The molecule has 156 valence electrons. The van der Waals surface area contributed by atoms with Crippen molar-refractivity contribution in [2.75, 3.05) is 9.62 Å². The number of fused-ring (bicyclic) bond motifs is 1. The van der Waals surface area contributed by atoms with Gasteiger partial charge in [0.25, 0.3) is 17.2 Å². The van der Waals surface area contributed by atoms with Crippen LogP contribution in [0.2, 0.25) is 0 Å². The zero-order valence-electron chi connectivity index (χ0n) is 15.9. The summed E-state index contributed by atoms with van der Waals surface area (Å²) in [4.78, 5) is 16.9. The van der Waals surface area contributed by atoms with Gasteiger partial charge in [-0.1, -0.05) is 6.07 Å². The minimum absolute atomic E-state index is 0.0343. The van der Waals surface area contributed by atoms with E-state index in [1.54, 1.807) is 30.5 Å². The van der Waals surface area contributed by atoms with Crippen molar-refractivity contribution >= 4 is 45.1 Å². The number of phenolic OH excluding ortho intramolecular Hbond substituents is 1. The van der Waals surface area contributed by atoms with Crippen molar-refractivity contribution in [1.82, 2.24) is 4.98 Å². The normalized spacial score (nSPS) is 11.8. The molecule has 1 atom stereocenters. The first-order chi connectivity index (χ1) is 14.9. The number of aromatic hydroxyl groups is 1. The number of nitrogens with one attached hydrogen (secondary N) is 1. The van der Waals surface area contributed by atoms with Crippen LogP contribution in [0, 0.1) is 5.82 Å². The number of carbonyl (C=O) groups excluding carboxylic acids is 1. The molecule has 0 aliphatic rings. The lowest BCUT2D eigenvalue weighted by molar-refractivity contribution is 0.102. The summed E-state index contributed by atoms with van der Waals surface area (Å²) in [5.41, 5.74) is 1.60. The van der Waals surface area contributed by atoms with Crippen LogP contribution in [0.3, 0.4) is 0 Å². The standard InChI is InChI=1S/C22H16FN3O4S/c23-16-4-7-18(8-5-16)26(31(29)30)20-13-17(6-10-21(20)27)25-22(28)15-3-9-19-14(12-15)2-1-11-24-19/h1-13,27H,(H,25,28)(H,29,30). The minimum atomic E-state index is -2.56. The summed E-state index contributed by atoms with van der Waals surface area (Å²) in [7, 11) is 0. The summed E-state index contributed by atoms with van der Waals surface area (Å²) < 4.78 is 35.9. The third-order valence-corrected chi connectivity index (χ3v) is 5.25. The van der Waals surface area contributed by atoms with Gasteiger partial charge in [-0.15, -0.1) is 0 Å². The van der Waals surface area contributed by atoms with E-state index in [4.69, 9.17) is 0 Å². The topological polar surface area (TPSA) is 103 Å². The van der Waals surface area contributed by atoms with Crippen molar-refractivity contribution < 1.29 is 23.1 Å². The van der Waals surface area contributed by atoms with Crippen molar-refractivity contribution in [3.8, 4) is 5.75 Å². The van der Waals surface area contributed by atoms with Crippen LogP contribution in [0.5, 0.6) is 5.75 Å². The van der Waals surface area contributed by atoms with Gasteiger partial charge in [0.2, 0.25) is 0 Å². The molecule has 1 heterocycles. The van der Waals surface area contributed by atoms with Crippen LogP contribution in [0.1, 0.15) is 10.4 Å². The number of hydrogen-bond donors (Lipinski definition) is 3. The maximum absolute atomic E-state index is 13.2. The molecule has 0 spiro atoms. The molecule has 0 aliphatic heterocycles. The maximum Gasteiger partial charge on any atom is 0.266 e. The molecular formula is C22H16FN3O4S. The van der Waals surface area contributed by atoms with Crippen LogP contribution < -0.4 is 9.62 Å². The van der Waals surface area contributed by atoms with E-state index >= 15 is 0 Å². The molecule has 9 heteroatoms. The quantitative estimate of drug-likeness (QED) is 0.313. The lowest BCUT2D eigenvalue weighted by Gasteiger charge is -2.21. The molecular weight excluding hydrogens is 421 g/mol. The van der Waals surface area contributed by atoms with E-state index in [1.807, 2.05) is 6.07 Å². The van der Waals surface area contributed by atoms with Gasteiger partial charge in [-0.3, -0.25) is 14.3 Å². The van der Waals surface area contributed by atoms with E-state index in [2.05, 4.69) is 10.3 Å². The minimum Gasteiger partial charge on any atom is -0.506 e. The lowest BCUT2D eigenvalue weighted by atomic mass is 10.1. The van der Waals surface area contributed by atoms with Crippen LogP contribution in [0.25, 0.3) is 10.9 Å². The summed E-state index contributed by atoms with van der Waals surface area (Å²) >= 11 is -2.56. The summed E-state index contributed by atoms with van der Waals surface area (Å²) in [6, 6.07) is 17.7. The molecule has 0 saturated carbocycles. The summed E-state index contributed by atoms with van der Waals surface area (Å²) in [6.07, 6.45) is 1.66. The molecule has 1 amide bonds. The molecule has 3 N–H and O–H groups in total. The second-order valence-corrected chi connectivity index (χ2v) is 7.40. The number of aromatic nitrogens is 1. The Hall–Kier alpha value is -3.82. The zero-order chi connectivity index (χ0) is 22.0. The van der Waals surface area contributed by atoms with E-state index in [0.717, 1.165) is 27.3 Å². The highest BCUT2D eigenvalue weighted by molar-refractivity contribution is 7.81. The monoisotopic (exact) mass is 437 g/mol. The third-order valence-electron chi connectivity index (χ3n) is 4.53. The molecule has 7 nitrogen and oxygen atoms in total. The van der Waals surface area contributed by atoms with Crippen molar-refractivity contribution in [3.05, 3.63) is 90.4 Å². The van der Waals surface area contributed by atoms with Gasteiger partial charge in [0.05, 0.1) is 11.2 Å². The molecule has 31 heavy (non-hydrogen) atoms. The number of amides is 1. The molecule has 0 saturated heterocycles. The molecule has 4 aromatic rings. The van der Waals surface area contributed by atoms with Gasteiger partial charge in [0.1, 0.15) is 17.3 Å². The fourth-order valence-electron chi connectivity index (χ4n) is 3.07. The van der Waals surface area contributed by atoms with Crippen molar-refractivity contribution in [2.45, 2.75) is 0 Å². The SMILES string of the molecule is O=C(Nc1ccc(O)c(N(c2ccc(F)cc2)S(=O)O)c1)c1ccc2ncccc2c1. The molecule has 0 aliphatic carbocycles. The zero-order valence-corrected chi connectivity index (χ0v) is 16.7. The molecule has 3 aromatic carbocycles. The number of benzene rings is 3. The largest absolute Gasteiger partial charge is 0.506 e. The van der Waals surface area contributed by atoms with Gasteiger partial charge in [0.15, 0.2) is 0 Å². The first-order valence-electron chi connectivity index (χ1n) is 9.08. The van der Waals surface area contributed by atoms with E-state index < -0.39 is 23.0 Å². The van der Waals surface area contributed by atoms with E-state index in [1.165, 1.54) is 30.3 Å². The van der Waals surface area contributed by atoms with Crippen LogP contribution in [0.15, 0.2) is 79.0 Å². The Bertz CT molecular complexity index is 1300. The number of pyridine rings is 1. The van der Waals surface area contributed by atoms with Gasteiger partial charge >= 0.3 is 0 Å². The van der Waals surface area contributed by atoms with Gasteiger partial charge < -0.3 is 10.4 Å². The maximum atomic E-state index is 13.2. The van der Waals surface area contributed by atoms with Gasteiger partial charge in [-0.25, -0.2) is 12.9 Å². The van der Waals surface area contributed by atoms with Crippen molar-refractivity contribution in [2.24, 2.45) is 0 Å². The summed E-state index contributed by atoms with van der Waals surface area (Å²) in [6.45, 7) is 0. The number of carbonyl (C=O) groups is 1. The lowest BCUT2D eigenvalue weighted by Crippen LogP contribution is -2.20. The highest BCUT2D eigenvalue weighted by atomic mass is 32.2. The molecule has 1 aromatic heterocycles. The smallest absolute Gasteiger partial charge is 0.266 e. The van der Waals surface area contributed by atoms with E-state index in [0.29, 0.717) is 11.3 Å². The van der Waals surface area contributed by atoms with Crippen LogP contribution in [0.4, 0.5) is 21.5 Å². The Morgan fingerprint density at radius 2 is 1.81 bits per heavy atom. The highest BCUT2D eigenvalue weighted by Gasteiger charge is 2.20. The second kappa shape index (κ2) is 8.50.